The Bertz CT molecular complexity index is 343. The fourth-order valence-electron chi connectivity index (χ4n) is 1.79. The fraction of sp³-hybridized carbons (Fsp3) is 0.500. The highest BCUT2D eigenvalue weighted by Crippen LogP contribution is 2.22. The molecule has 1 fully saturated rings. The van der Waals surface area contributed by atoms with Crippen molar-refractivity contribution in [2.24, 2.45) is 5.73 Å². The first kappa shape index (κ1) is 11.4. The summed E-state index contributed by atoms with van der Waals surface area (Å²) in [5.74, 6) is 0.867. The van der Waals surface area contributed by atoms with Gasteiger partial charge in [0.1, 0.15) is 5.75 Å². The minimum absolute atomic E-state index is 0.0275. The molecule has 0 aliphatic carbocycles. The van der Waals surface area contributed by atoms with Crippen molar-refractivity contribution in [2.45, 2.75) is 18.8 Å². The van der Waals surface area contributed by atoms with Crippen LogP contribution >= 0.6 is 0 Å². The molecule has 2 N–H and O–H groups in total. The van der Waals surface area contributed by atoms with E-state index >= 15 is 0 Å². The average molecular weight is 223 g/mol. The van der Waals surface area contributed by atoms with Gasteiger partial charge in [-0.25, -0.2) is 0 Å². The Labute approximate surface area is 95.3 Å². The van der Waals surface area contributed by atoms with Gasteiger partial charge in [-0.2, -0.15) is 0 Å². The van der Waals surface area contributed by atoms with Crippen molar-refractivity contribution >= 4 is 0 Å². The molecule has 1 aliphatic rings. The predicted octanol–water partition coefficient (Wildman–Crippen LogP) is 0.938. The Kier molecular flexibility index (Phi) is 3.77. The van der Waals surface area contributed by atoms with Gasteiger partial charge in [0.25, 0.3) is 0 Å². The van der Waals surface area contributed by atoms with Gasteiger partial charge in [-0.1, -0.05) is 18.2 Å². The zero-order valence-corrected chi connectivity index (χ0v) is 9.39. The Hall–Kier alpha value is -1.10. The molecule has 16 heavy (non-hydrogen) atoms. The van der Waals surface area contributed by atoms with Gasteiger partial charge >= 0.3 is 0 Å². The molecule has 2 unspecified atom stereocenters. The molecule has 0 saturated carbocycles. The molecule has 0 bridgehead atoms. The van der Waals surface area contributed by atoms with Gasteiger partial charge in [-0.05, 0) is 11.6 Å². The normalized spacial score (nSPS) is 24.6. The molecule has 0 amide bonds. The van der Waals surface area contributed by atoms with Crippen LogP contribution in [0.4, 0.5) is 0 Å². The molecule has 1 heterocycles. The summed E-state index contributed by atoms with van der Waals surface area (Å²) in [5, 5.41) is 0. The molecular formula is C12H17NO3. The number of rotatable bonds is 4. The molecule has 2 atom stereocenters. The van der Waals surface area contributed by atoms with Gasteiger partial charge < -0.3 is 19.9 Å². The number of hydrogen-bond acceptors (Lipinski definition) is 4. The third kappa shape index (κ3) is 2.52. The predicted molar refractivity (Wildman–Crippen MR) is 60.4 cm³/mol. The largest absolute Gasteiger partial charge is 0.496 e. The Balaban J connectivity index is 1.99. The molecule has 4 heteroatoms. The quantitative estimate of drug-likeness (QED) is 0.825. The van der Waals surface area contributed by atoms with Crippen molar-refractivity contribution in [3.8, 4) is 5.75 Å². The average Bonchev–Trinajstić information content (AvgIpc) is 2.77. The van der Waals surface area contributed by atoms with Gasteiger partial charge in [0.2, 0.25) is 0 Å². The second-order valence-electron chi connectivity index (χ2n) is 3.77. The van der Waals surface area contributed by atoms with E-state index in [2.05, 4.69) is 0 Å². The van der Waals surface area contributed by atoms with E-state index in [4.69, 9.17) is 19.9 Å². The zero-order valence-electron chi connectivity index (χ0n) is 9.39. The smallest absolute Gasteiger partial charge is 0.162 e. The number of methoxy groups -OCH3 is 1. The molecule has 0 radical (unpaired) electrons. The van der Waals surface area contributed by atoms with Crippen LogP contribution in [0, 0.1) is 0 Å². The summed E-state index contributed by atoms with van der Waals surface area (Å²) >= 11 is 0. The molecule has 1 aromatic carbocycles. The first-order valence-corrected chi connectivity index (χ1v) is 5.42. The van der Waals surface area contributed by atoms with Crippen LogP contribution in [0.1, 0.15) is 5.56 Å². The minimum Gasteiger partial charge on any atom is -0.496 e. The molecule has 0 aromatic heterocycles. The first-order valence-electron chi connectivity index (χ1n) is 5.42. The minimum atomic E-state index is -0.204. The van der Waals surface area contributed by atoms with Gasteiger partial charge in [-0.3, -0.25) is 0 Å². The van der Waals surface area contributed by atoms with Crippen LogP contribution < -0.4 is 10.5 Å². The Morgan fingerprint density at radius 3 is 2.94 bits per heavy atom. The van der Waals surface area contributed by atoms with Crippen LogP contribution in [0.15, 0.2) is 24.3 Å². The van der Waals surface area contributed by atoms with Gasteiger partial charge in [-0.15, -0.1) is 0 Å². The van der Waals surface area contributed by atoms with E-state index < -0.39 is 0 Å². The summed E-state index contributed by atoms with van der Waals surface area (Å²) in [6, 6.07) is 7.88. The molecular weight excluding hydrogens is 206 g/mol. The number of nitrogens with two attached hydrogens (primary N) is 1. The molecule has 1 aromatic rings. The number of ether oxygens (including phenoxy) is 3. The topological polar surface area (TPSA) is 53.7 Å². The highest BCUT2D eigenvalue weighted by molar-refractivity contribution is 5.33. The van der Waals surface area contributed by atoms with Crippen LogP contribution in [0.2, 0.25) is 0 Å². The highest BCUT2D eigenvalue weighted by atomic mass is 16.7. The van der Waals surface area contributed by atoms with Crippen LogP contribution in [0.5, 0.6) is 5.75 Å². The van der Waals surface area contributed by atoms with Crippen LogP contribution in [0.25, 0.3) is 0 Å². The number of benzene rings is 1. The molecule has 1 saturated heterocycles. The van der Waals surface area contributed by atoms with E-state index in [1.54, 1.807) is 7.11 Å². The Morgan fingerprint density at radius 1 is 1.44 bits per heavy atom. The molecule has 88 valence electrons. The lowest BCUT2D eigenvalue weighted by Gasteiger charge is -2.13. The third-order valence-electron chi connectivity index (χ3n) is 2.65. The SMILES string of the molecule is COc1ccccc1CC1OCC(CN)O1. The van der Waals surface area contributed by atoms with Gasteiger partial charge in [0.15, 0.2) is 6.29 Å². The van der Waals surface area contributed by atoms with E-state index in [0.717, 1.165) is 11.3 Å². The summed E-state index contributed by atoms with van der Waals surface area (Å²) < 4.78 is 16.4. The third-order valence-corrected chi connectivity index (χ3v) is 2.65. The van der Waals surface area contributed by atoms with Crippen LogP contribution in [0.3, 0.4) is 0 Å². The molecule has 2 rings (SSSR count). The van der Waals surface area contributed by atoms with E-state index in [-0.39, 0.29) is 12.4 Å². The lowest BCUT2D eigenvalue weighted by Crippen LogP contribution is -2.23. The van der Waals surface area contributed by atoms with E-state index in [1.165, 1.54) is 0 Å². The summed E-state index contributed by atoms with van der Waals surface area (Å²) in [7, 11) is 1.66. The lowest BCUT2D eigenvalue weighted by molar-refractivity contribution is -0.0544. The summed E-state index contributed by atoms with van der Waals surface area (Å²) in [4.78, 5) is 0. The van der Waals surface area contributed by atoms with Crippen molar-refractivity contribution < 1.29 is 14.2 Å². The van der Waals surface area contributed by atoms with Crippen molar-refractivity contribution in [1.29, 1.82) is 0 Å². The maximum Gasteiger partial charge on any atom is 0.162 e. The van der Waals surface area contributed by atoms with Gasteiger partial charge in [0, 0.05) is 13.0 Å². The van der Waals surface area contributed by atoms with E-state index in [9.17, 15) is 0 Å². The standard InChI is InChI=1S/C12H17NO3/c1-14-11-5-3-2-4-9(11)6-12-15-8-10(7-13)16-12/h2-5,10,12H,6-8,13H2,1H3. The van der Waals surface area contributed by atoms with Crippen molar-refractivity contribution in [1.82, 2.24) is 0 Å². The number of hydrogen-bond donors (Lipinski definition) is 1. The maximum atomic E-state index is 5.61. The fourth-order valence-corrected chi connectivity index (χ4v) is 1.79. The van der Waals surface area contributed by atoms with E-state index in [1.807, 2.05) is 24.3 Å². The second-order valence-corrected chi connectivity index (χ2v) is 3.77. The molecule has 1 aliphatic heterocycles. The first-order chi connectivity index (χ1) is 7.83. The summed E-state index contributed by atoms with van der Waals surface area (Å²) in [5.41, 5.74) is 6.61. The van der Waals surface area contributed by atoms with Crippen molar-refractivity contribution in [3.63, 3.8) is 0 Å². The highest BCUT2D eigenvalue weighted by Gasteiger charge is 2.25. The van der Waals surface area contributed by atoms with Gasteiger partial charge in [0.05, 0.1) is 19.8 Å². The number of para-hydroxylation sites is 1. The van der Waals surface area contributed by atoms with Crippen LogP contribution in [-0.2, 0) is 15.9 Å². The van der Waals surface area contributed by atoms with Crippen molar-refractivity contribution in [2.75, 3.05) is 20.3 Å². The zero-order chi connectivity index (χ0) is 11.4. The van der Waals surface area contributed by atoms with E-state index in [0.29, 0.717) is 19.6 Å². The van der Waals surface area contributed by atoms with Crippen LogP contribution in [-0.4, -0.2) is 32.7 Å². The second kappa shape index (κ2) is 5.30. The summed E-state index contributed by atoms with van der Waals surface area (Å²) in [6.07, 6.45) is 0.519. The molecule has 4 nitrogen and oxygen atoms in total. The summed E-state index contributed by atoms with van der Waals surface area (Å²) in [6.45, 7) is 1.08. The monoisotopic (exact) mass is 223 g/mol. The lowest BCUT2D eigenvalue weighted by atomic mass is 10.1. The van der Waals surface area contributed by atoms with Crippen molar-refractivity contribution in [3.05, 3.63) is 29.8 Å². The maximum absolute atomic E-state index is 5.61. The molecule has 0 spiro atoms. The Morgan fingerprint density at radius 2 is 2.25 bits per heavy atom.